The van der Waals surface area contributed by atoms with Gasteiger partial charge in [0.15, 0.2) is 5.69 Å². The van der Waals surface area contributed by atoms with Gasteiger partial charge in [-0.25, -0.2) is 4.68 Å². The van der Waals surface area contributed by atoms with Crippen LogP contribution in [-0.4, -0.2) is 54.4 Å². The number of likely N-dealkylation sites (tertiary alicyclic amines) is 1. The molecule has 1 aliphatic heterocycles. The van der Waals surface area contributed by atoms with Crippen LogP contribution in [0, 0.1) is 0 Å². The number of rotatable bonds is 3. The molecule has 1 saturated heterocycles. The Morgan fingerprint density at radius 2 is 2.00 bits per heavy atom. The van der Waals surface area contributed by atoms with E-state index in [1.807, 2.05) is 48.1 Å². The third kappa shape index (κ3) is 3.01. The van der Waals surface area contributed by atoms with E-state index in [0.717, 1.165) is 17.1 Å². The van der Waals surface area contributed by atoms with Gasteiger partial charge in [0.2, 0.25) is 0 Å². The Kier molecular flexibility index (Phi) is 4.30. The molecule has 0 atom stereocenters. The SMILES string of the molecule is Cn1cccc1-c1cc(C(=O)N2CCC(O)CC2)nn1-c1cccnc1. The Bertz CT molecular complexity index is 907. The summed E-state index contributed by atoms with van der Waals surface area (Å²) in [5.74, 6) is -0.102. The maximum Gasteiger partial charge on any atom is 0.274 e. The molecule has 0 radical (unpaired) electrons. The van der Waals surface area contributed by atoms with Crippen molar-refractivity contribution in [3.05, 3.63) is 54.6 Å². The maximum atomic E-state index is 12.9. The van der Waals surface area contributed by atoms with Crippen LogP contribution in [0.5, 0.6) is 0 Å². The second kappa shape index (κ2) is 6.76. The molecule has 1 fully saturated rings. The van der Waals surface area contributed by atoms with Gasteiger partial charge in [-0.05, 0) is 43.2 Å². The third-order valence-electron chi connectivity index (χ3n) is 4.78. The van der Waals surface area contributed by atoms with Crippen molar-refractivity contribution in [2.24, 2.45) is 7.05 Å². The van der Waals surface area contributed by atoms with E-state index in [9.17, 15) is 9.90 Å². The number of aliphatic hydroxyl groups excluding tert-OH is 1. The number of amides is 1. The van der Waals surface area contributed by atoms with Crippen LogP contribution in [0.2, 0.25) is 0 Å². The monoisotopic (exact) mass is 351 g/mol. The van der Waals surface area contributed by atoms with E-state index in [1.165, 1.54) is 0 Å². The lowest BCUT2D eigenvalue weighted by molar-refractivity contribution is 0.0541. The highest BCUT2D eigenvalue weighted by molar-refractivity contribution is 5.93. The highest BCUT2D eigenvalue weighted by Gasteiger charge is 2.26. The molecule has 3 aromatic rings. The van der Waals surface area contributed by atoms with Crippen LogP contribution in [0.3, 0.4) is 0 Å². The van der Waals surface area contributed by atoms with E-state index >= 15 is 0 Å². The van der Waals surface area contributed by atoms with Gasteiger partial charge in [0, 0.05) is 32.5 Å². The summed E-state index contributed by atoms with van der Waals surface area (Å²) in [6.45, 7) is 1.11. The molecule has 4 rings (SSSR count). The number of piperidine rings is 1. The van der Waals surface area contributed by atoms with Crippen molar-refractivity contribution in [1.82, 2.24) is 24.2 Å². The minimum absolute atomic E-state index is 0.102. The van der Waals surface area contributed by atoms with Crippen LogP contribution >= 0.6 is 0 Å². The molecule has 0 unspecified atom stereocenters. The summed E-state index contributed by atoms with van der Waals surface area (Å²) in [4.78, 5) is 18.8. The molecule has 0 spiro atoms. The number of hydrogen-bond acceptors (Lipinski definition) is 4. The Hall–Kier alpha value is -2.93. The van der Waals surface area contributed by atoms with E-state index in [0.29, 0.717) is 31.6 Å². The van der Waals surface area contributed by atoms with Gasteiger partial charge in [-0.15, -0.1) is 0 Å². The van der Waals surface area contributed by atoms with Crippen LogP contribution in [0.25, 0.3) is 17.1 Å². The predicted molar refractivity (Wildman–Crippen MR) is 96.9 cm³/mol. The summed E-state index contributed by atoms with van der Waals surface area (Å²) in [6.07, 6.45) is 6.31. The summed E-state index contributed by atoms with van der Waals surface area (Å²) >= 11 is 0. The van der Waals surface area contributed by atoms with Crippen LogP contribution in [0.15, 0.2) is 48.9 Å². The molecule has 1 amide bonds. The van der Waals surface area contributed by atoms with Crippen molar-refractivity contribution in [3.8, 4) is 17.1 Å². The Morgan fingerprint density at radius 1 is 1.19 bits per heavy atom. The van der Waals surface area contributed by atoms with Crippen LogP contribution in [-0.2, 0) is 7.05 Å². The lowest BCUT2D eigenvalue weighted by Crippen LogP contribution is -2.40. The average Bonchev–Trinajstić information content (AvgIpc) is 3.28. The zero-order valence-electron chi connectivity index (χ0n) is 14.6. The molecule has 4 heterocycles. The molecule has 7 nitrogen and oxygen atoms in total. The van der Waals surface area contributed by atoms with Crippen molar-refractivity contribution < 1.29 is 9.90 Å². The van der Waals surface area contributed by atoms with Gasteiger partial charge in [0.05, 0.1) is 29.4 Å². The summed E-state index contributed by atoms with van der Waals surface area (Å²) in [6, 6.07) is 9.55. The summed E-state index contributed by atoms with van der Waals surface area (Å²) < 4.78 is 3.75. The first-order chi connectivity index (χ1) is 12.6. The van der Waals surface area contributed by atoms with Crippen LogP contribution in [0.4, 0.5) is 0 Å². The number of aryl methyl sites for hydroxylation is 1. The number of nitrogens with zero attached hydrogens (tertiary/aromatic N) is 5. The van der Waals surface area contributed by atoms with Crippen molar-refractivity contribution in [1.29, 1.82) is 0 Å². The highest BCUT2D eigenvalue weighted by atomic mass is 16.3. The van der Waals surface area contributed by atoms with Crippen molar-refractivity contribution in [3.63, 3.8) is 0 Å². The molecule has 0 saturated carbocycles. The standard InChI is InChI=1S/C19H21N5O2/c1-22-9-3-5-17(22)18-12-16(19(26)23-10-6-15(25)7-11-23)21-24(18)14-4-2-8-20-13-14/h2-5,8-9,12-13,15,25H,6-7,10-11H2,1H3. The molecule has 0 aliphatic carbocycles. The number of pyridine rings is 1. The Morgan fingerprint density at radius 3 is 2.65 bits per heavy atom. The summed E-state index contributed by atoms with van der Waals surface area (Å²) in [5, 5.41) is 14.2. The quantitative estimate of drug-likeness (QED) is 0.782. The summed E-state index contributed by atoms with van der Waals surface area (Å²) in [7, 11) is 1.96. The van der Waals surface area contributed by atoms with Gasteiger partial charge in [0.25, 0.3) is 5.91 Å². The lowest BCUT2D eigenvalue weighted by atomic mass is 10.1. The van der Waals surface area contributed by atoms with Gasteiger partial charge in [-0.3, -0.25) is 9.78 Å². The van der Waals surface area contributed by atoms with Gasteiger partial charge in [0.1, 0.15) is 0 Å². The molecule has 0 bridgehead atoms. The molecular formula is C19H21N5O2. The van der Waals surface area contributed by atoms with Crippen molar-refractivity contribution in [2.75, 3.05) is 13.1 Å². The van der Waals surface area contributed by atoms with Gasteiger partial charge in [-0.1, -0.05) is 0 Å². The predicted octanol–water partition coefficient (Wildman–Crippen LogP) is 1.87. The summed E-state index contributed by atoms with van der Waals surface area (Å²) in [5.41, 5.74) is 3.01. The van der Waals surface area contributed by atoms with Gasteiger partial charge < -0.3 is 14.6 Å². The first-order valence-electron chi connectivity index (χ1n) is 8.73. The highest BCUT2D eigenvalue weighted by Crippen LogP contribution is 2.25. The minimum Gasteiger partial charge on any atom is -0.393 e. The largest absolute Gasteiger partial charge is 0.393 e. The number of aromatic nitrogens is 4. The zero-order valence-corrected chi connectivity index (χ0v) is 14.6. The fourth-order valence-corrected chi connectivity index (χ4v) is 3.30. The second-order valence-corrected chi connectivity index (χ2v) is 6.57. The van der Waals surface area contributed by atoms with Crippen LogP contribution < -0.4 is 0 Å². The normalized spacial score (nSPS) is 15.4. The topological polar surface area (TPSA) is 76.2 Å². The van der Waals surface area contributed by atoms with Gasteiger partial charge >= 0.3 is 0 Å². The Labute approximate surface area is 151 Å². The first-order valence-corrected chi connectivity index (χ1v) is 8.73. The molecule has 1 N–H and O–H groups in total. The van der Waals surface area contributed by atoms with Crippen molar-refractivity contribution in [2.45, 2.75) is 18.9 Å². The molecule has 7 heteroatoms. The molecule has 134 valence electrons. The number of hydrogen-bond donors (Lipinski definition) is 1. The molecule has 1 aliphatic rings. The molecular weight excluding hydrogens is 330 g/mol. The minimum atomic E-state index is -0.314. The third-order valence-corrected chi connectivity index (χ3v) is 4.78. The van der Waals surface area contributed by atoms with E-state index in [2.05, 4.69) is 10.1 Å². The van der Waals surface area contributed by atoms with E-state index in [4.69, 9.17) is 0 Å². The Balaban J connectivity index is 1.74. The fraction of sp³-hybridized carbons (Fsp3) is 0.316. The van der Waals surface area contributed by atoms with Gasteiger partial charge in [-0.2, -0.15) is 5.10 Å². The smallest absolute Gasteiger partial charge is 0.274 e. The average molecular weight is 351 g/mol. The lowest BCUT2D eigenvalue weighted by Gasteiger charge is -2.28. The zero-order chi connectivity index (χ0) is 18.1. The van der Waals surface area contributed by atoms with E-state index in [-0.39, 0.29) is 12.0 Å². The molecule has 26 heavy (non-hydrogen) atoms. The fourth-order valence-electron chi connectivity index (χ4n) is 3.30. The maximum absolute atomic E-state index is 12.9. The van der Waals surface area contributed by atoms with Crippen LogP contribution in [0.1, 0.15) is 23.3 Å². The molecule has 0 aromatic carbocycles. The second-order valence-electron chi connectivity index (χ2n) is 6.57. The van der Waals surface area contributed by atoms with E-state index in [1.54, 1.807) is 22.0 Å². The number of carbonyl (C=O) groups is 1. The van der Waals surface area contributed by atoms with Crippen molar-refractivity contribution >= 4 is 5.91 Å². The first kappa shape index (κ1) is 16.5. The number of carbonyl (C=O) groups excluding carboxylic acids is 1. The van der Waals surface area contributed by atoms with E-state index < -0.39 is 0 Å². The molecule has 3 aromatic heterocycles. The number of aliphatic hydroxyl groups is 1.